The van der Waals surface area contributed by atoms with E-state index < -0.39 is 5.82 Å². The largest absolute Gasteiger partial charge is 0.469 e. The summed E-state index contributed by atoms with van der Waals surface area (Å²) in [6.45, 7) is 1.79. The van der Waals surface area contributed by atoms with Crippen LogP contribution in [0, 0.1) is 12.7 Å². The molecule has 0 aliphatic carbocycles. The number of rotatable bonds is 2. The molecule has 19 heavy (non-hydrogen) atoms. The quantitative estimate of drug-likeness (QED) is 0.715. The number of furan rings is 1. The Labute approximate surface area is 107 Å². The third kappa shape index (κ3) is 1.97. The summed E-state index contributed by atoms with van der Waals surface area (Å²) in [4.78, 5) is 4.16. The van der Waals surface area contributed by atoms with Crippen LogP contribution in [0.15, 0.2) is 39.5 Å². The standard InChI is InChI=1S/C13H10FN3O2/c1-7-9(4-5-18-7)12-16-13(19-17-12)10-3-2-8(15)6-11(10)14/h2-6H,15H2,1H3. The number of benzene rings is 1. The highest BCUT2D eigenvalue weighted by atomic mass is 19.1. The summed E-state index contributed by atoms with van der Waals surface area (Å²) in [5, 5.41) is 3.82. The number of nitrogens with two attached hydrogens (primary N) is 1. The molecule has 6 heteroatoms. The second kappa shape index (κ2) is 4.24. The Kier molecular flexibility index (Phi) is 2.56. The Morgan fingerprint density at radius 3 is 2.74 bits per heavy atom. The van der Waals surface area contributed by atoms with E-state index in [1.165, 1.54) is 18.4 Å². The lowest BCUT2D eigenvalue weighted by molar-refractivity contribution is 0.429. The van der Waals surface area contributed by atoms with Crippen LogP contribution in [0.4, 0.5) is 10.1 Å². The average Bonchev–Trinajstić information content (AvgIpc) is 2.97. The fourth-order valence-corrected chi connectivity index (χ4v) is 1.76. The summed E-state index contributed by atoms with van der Waals surface area (Å²) < 4.78 is 24.0. The van der Waals surface area contributed by atoms with Gasteiger partial charge >= 0.3 is 0 Å². The summed E-state index contributed by atoms with van der Waals surface area (Å²) in [6.07, 6.45) is 1.53. The fraction of sp³-hybridized carbons (Fsp3) is 0.0769. The first-order chi connectivity index (χ1) is 9.15. The van der Waals surface area contributed by atoms with Gasteiger partial charge in [0.25, 0.3) is 5.89 Å². The van der Waals surface area contributed by atoms with E-state index in [0.29, 0.717) is 22.8 Å². The molecule has 0 aliphatic heterocycles. The molecule has 0 bridgehead atoms. The van der Waals surface area contributed by atoms with Crippen LogP contribution in [0.5, 0.6) is 0 Å². The lowest BCUT2D eigenvalue weighted by Crippen LogP contribution is -1.89. The maximum atomic E-state index is 13.7. The van der Waals surface area contributed by atoms with E-state index in [2.05, 4.69) is 10.1 Å². The van der Waals surface area contributed by atoms with Crippen LogP contribution in [0.3, 0.4) is 0 Å². The molecule has 0 saturated heterocycles. The number of nitrogen functional groups attached to an aromatic ring is 1. The van der Waals surface area contributed by atoms with E-state index in [0.717, 1.165) is 0 Å². The van der Waals surface area contributed by atoms with Gasteiger partial charge in [0.15, 0.2) is 0 Å². The number of aromatic nitrogens is 2. The van der Waals surface area contributed by atoms with Gasteiger partial charge in [-0.1, -0.05) is 5.16 Å². The van der Waals surface area contributed by atoms with Gasteiger partial charge in [-0.2, -0.15) is 4.98 Å². The summed E-state index contributed by atoms with van der Waals surface area (Å²) in [5.41, 5.74) is 6.76. The molecule has 0 amide bonds. The fourth-order valence-electron chi connectivity index (χ4n) is 1.76. The Hall–Kier alpha value is -2.63. The zero-order valence-corrected chi connectivity index (χ0v) is 10.1. The molecule has 0 saturated carbocycles. The number of hydrogen-bond donors (Lipinski definition) is 1. The molecule has 96 valence electrons. The van der Waals surface area contributed by atoms with Crippen molar-refractivity contribution < 1.29 is 13.3 Å². The first-order valence-electron chi connectivity index (χ1n) is 5.59. The van der Waals surface area contributed by atoms with Gasteiger partial charge in [-0.3, -0.25) is 0 Å². The van der Waals surface area contributed by atoms with Gasteiger partial charge in [0, 0.05) is 5.69 Å². The van der Waals surface area contributed by atoms with E-state index in [-0.39, 0.29) is 11.5 Å². The highest BCUT2D eigenvalue weighted by molar-refractivity contribution is 5.62. The minimum Gasteiger partial charge on any atom is -0.469 e. The summed E-state index contributed by atoms with van der Waals surface area (Å²) in [5.74, 6) is 0.634. The molecule has 3 aromatic rings. The molecule has 2 N–H and O–H groups in total. The van der Waals surface area contributed by atoms with Crippen molar-refractivity contribution in [2.24, 2.45) is 0 Å². The average molecular weight is 259 g/mol. The molecule has 3 rings (SSSR count). The first-order valence-corrected chi connectivity index (χ1v) is 5.59. The van der Waals surface area contributed by atoms with Crippen molar-refractivity contribution in [2.45, 2.75) is 6.92 Å². The summed E-state index contributed by atoms with van der Waals surface area (Å²) >= 11 is 0. The minimum atomic E-state index is -0.501. The highest BCUT2D eigenvalue weighted by Crippen LogP contribution is 2.27. The van der Waals surface area contributed by atoms with Gasteiger partial charge in [0.2, 0.25) is 5.82 Å². The molecule has 0 fully saturated rings. The van der Waals surface area contributed by atoms with Crippen molar-refractivity contribution in [1.82, 2.24) is 10.1 Å². The monoisotopic (exact) mass is 259 g/mol. The van der Waals surface area contributed by atoms with Crippen molar-refractivity contribution in [2.75, 3.05) is 5.73 Å². The molecule has 0 spiro atoms. The molecule has 0 radical (unpaired) electrons. The van der Waals surface area contributed by atoms with Crippen molar-refractivity contribution >= 4 is 5.69 Å². The Balaban J connectivity index is 2.04. The lowest BCUT2D eigenvalue weighted by atomic mass is 10.2. The van der Waals surface area contributed by atoms with Crippen LogP contribution >= 0.6 is 0 Å². The molecule has 0 aliphatic rings. The molecule has 1 aromatic carbocycles. The number of hydrogen-bond acceptors (Lipinski definition) is 5. The number of anilines is 1. The number of nitrogens with zero attached hydrogens (tertiary/aromatic N) is 2. The van der Waals surface area contributed by atoms with Gasteiger partial charge in [0.05, 0.1) is 17.4 Å². The first kappa shape index (κ1) is 11.5. The minimum absolute atomic E-state index is 0.105. The topological polar surface area (TPSA) is 78.1 Å². The van der Waals surface area contributed by atoms with Gasteiger partial charge in [0.1, 0.15) is 11.6 Å². The summed E-state index contributed by atoms with van der Waals surface area (Å²) in [6, 6.07) is 6.02. The molecular formula is C13H10FN3O2. The second-order valence-corrected chi connectivity index (χ2v) is 4.05. The predicted molar refractivity (Wildman–Crippen MR) is 66.5 cm³/mol. The molecule has 2 aromatic heterocycles. The van der Waals surface area contributed by atoms with Gasteiger partial charge in [-0.05, 0) is 31.2 Å². The van der Waals surface area contributed by atoms with E-state index in [4.69, 9.17) is 14.7 Å². The van der Waals surface area contributed by atoms with Crippen molar-refractivity contribution in [3.8, 4) is 22.8 Å². The molecule has 5 nitrogen and oxygen atoms in total. The normalized spacial score (nSPS) is 10.8. The maximum Gasteiger partial charge on any atom is 0.261 e. The molecule has 0 atom stereocenters. The van der Waals surface area contributed by atoms with Crippen LogP contribution < -0.4 is 5.73 Å². The van der Waals surface area contributed by atoms with Crippen molar-refractivity contribution in [3.63, 3.8) is 0 Å². The second-order valence-electron chi connectivity index (χ2n) is 4.05. The van der Waals surface area contributed by atoms with Crippen LogP contribution in [0.25, 0.3) is 22.8 Å². The Morgan fingerprint density at radius 1 is 1.21 bits per heavy atom. The number of halogens is 1. The van der Waals surface area contributed by atoms with Crippen LogP contribution in [-0.2, 0) is 0 Å². The van der Waals surface area contributed by atoms with E-state index in [9.17, 15) is 4.39 Å². The van der Waals surface area contributed by atoms with E-state index >= 15 is 0 Å². The number of aryl methyl sites for hydroxylation is 1. The van der Waals surface area contributed by atoms with Crippen molar-refractivity contribution in [3.05, 3.63) is 42.1 Å². The van der Waals surface area contributed by atoms with Gasteiger partial charge < -0.3 is 14.7 Å². The Bertz CT molecular complexity index is 733. The van der Waals surface area contributed by atoms with E-state index in [1.54, 1.807) is 19.1 Å². The third-order valence-electron chi connectivity index (χ3n) is 2.75. The predicted octanol–water partition coefficient (Wildman–Crippen LogP) is 3.03. The van der Waals surface area contributed by atoms with Crippen LogP contribution in [0.2, 0.25) is 0 Å². The zero-order chi connectivity index (χ0) is 13.4. The van der Waals surface area contributed by atoms with E-state index in [1.807, 2.05) is 0 Å². The summed E-state index contributed by atoms with van der Waals surface area (Å²) in [7, 11) is 0. The van der Waals surface area contributed by atoms with Gasteiger partial charge in [-0.15, -0.1) is 0 Å². The zero-order valence-electron chi connectivity index (χ0n) is 10.1. The highest BCUT2D eigenvalue weighted by Gasteiger charge is 2.16. The molecule has 0 unspecified atom stereocenters. The maximum absolute atomic E-state index is 13.7. The third-order valence-corrected chi connectivity index (χ3v) is 2.75. The van der Waals surface area contributed by atoms with Crippen molar-refractivity contribution in [1.29, 1.82) is 0 Å². The Morgan fingerprint density at radius 2 is 2.05 bits per heavy atom. The lowest BCUT2D eigenvalue weighted by Gasteiger charge is -1.97. The van der Waals surface area contributed by atoms with Gasteiger partial charge in [-0.25, -0.2) is 4.39 Å². The van der Waals surface area contributed by atoms with Crippen LogP contribution in [-0.4, -0.2) is 10.1 Å². The SMILES string of the molecule is Cc1occc1-c1noc(-c2ccc(N)cc2F)n1. The molecule has 2 heterocycles. The smallest absolute Gasteiger partial charge is 0.261 e. The van der Waals surface area contributed by atoms with Crippen LogP contribution in [0.1, 0.15) is 5.76 Å². The molecular weight excluding hydrogens is 249 g/mol.